The highest BCUT2D eigenvalue weighted by Crippen LogP contribution is 2.40. The quantitative estimate of drug-likeness (QED) is 0.0943. The molecule has 61 heavy (non-hydrogen) atoms. The molecule has 0 saturated heterocycles. The van der Waals surface area contributed by atoms with Crippen molar-refractivity contribution in [3.8, 4) is 0 Å². The number of aliphatic hydroxyl groups is 1. The van der Waals surface area contributed by atoms with E-state index in [9.17, 15) is 49.3 Å². The van der Waals surface area contributed by atoms with Gasteiger partial charge in [0.05, 0.1) is 52.8 Å². The summed E-state index contributed by atoms with van der Waals surface area (Å²) in [6, 6.07) is -3.33. The van der Waals surface area contributed by atoms with E-state index < -0.39 is 66.2 Å². The fourth-order valence-corrected chi connectivity index (χ4v) is 7.22. The standard InChI is InChI=1S/C42H45N7O12/c1-6-22-19(2)27-14-32-25(11-12-43-61)42(5,60)35(47-32)16-28-21(4)24(8-10-37(51)49-34(41(58)59)18-39(54)55)31(46-28)15-30-23(20(3)26(45-30)13-29(22)44-27)7-9-36(50)48-33(40(56)57)17-38(52)53/h6,11-16,33-34,43,47,60-61H,1,7-10,17-18H2,2-5H3,(H,48,50)(H,49,51)(H,52,53)(H,54,55)(H,56,57)(H,58,59)/t33-,34-,42?/m0/s1. The van der Waals surface area contributed by atoms with Gasteiger partial charge in [0, 0.05) is 35.9 Å². The molecule has 5 aliphatic heterocycles. The third kappa shape index (κ3) is 9.97. The second-order valence-electron chi connectivity index (χ2n) is 14.7. The predicted octanol–water partition coefficient (Wildman–Crippen LogP) is 2.78. The summed E-state index contributed by atoms with van der Waals surface area (Å²) in [4.78, 5) is 86.6. The summed E-state index contributed by atoms with van der Waals surface area (Å²) >= 11 is 0. The minimum Gasteiger partial charge on any atom is -0.481 e. The van der Waals surface area contributed by atoms with Gasteiger partial charge in [-0.2, -0.15) is 0 Å². The lowest BCUT2D eigenvalue weighted by Crippen LogP contribution is -2.42. The number of hydroxylamine groups is 1. The Balaban J connectivity index is 1.66. The van der Waals surface area contributed by atoms with Crippen molar-refractivity contribution in [1.82, 2.24) is 21.4 Å². The molecule has 3 atom stereocenters. The number of allylic oxidation sites excluding steroid dienone is 11. The number of carboxylic acids is 4. The van der Waals surface area contributed by atoms with Gasteiger partial charge in [0.15, 0.2) is 0 Å². The van der Waals surface area contributed by atoms with E-state index in [0.717, 1.165) is 5.57 Å². The fraction of sp³-hybridized carbons (Fsp3) is 0.310. The van der Waals surface area contributed by atoms with Crippen LogP contribution in [0.1, 0.15) is 66.2 Å². The number of nitrogens with zero attached hydrogens (tertiary/aromatic N) is 3. The average Bonchev–Trinajstić information content (AvgIpc) is 3.81. The molecular formula is C42H45N7O12. The van der Waals surface area contributed by atoms with Gasteiger partial charge in [-0.05, 0) is 98.8 Å². The van der Waals surface area contributed by atoms with Gasteiger partial charge in [-0.15, -0.1) is 0 Å². The van der Waals surface area contributed by atoms with Crippen LogP contribution in [0, 0.1) is 0 Å². The summed E-state index contributed by atoms with van der Waals surface area (Å²) in [5.41, 5.74) is 7.64. The number of carboxylic acid groups (broad SMARTS) is 4. The molecule has 2 amide bonds. The molecular weight excluding hydrogens is 794 g/mol. The average molecular weight is 840 g/mol. The van der Waals surface area contributed by atoms with Crippen molar-refractivity contribution in [2.45, 2.75) is 83.9 Å². The summed E-state index contributed by atoms with van der Waals surface area (Å²) in [5.74, 6) is -7.30. The van der Waals surface area contributed by atoms with Crippen LogP contribution in [0.3, 0.4) is 0 Å². The number of carbonyl (C=O) groups is 6. The molecule has 0 radical (unpaired) electrons. The molecule has 8 bridgehead atoms. The zero-order valence-electron chi connectivity index (χ0n) is 33.6. The summed E-state index contributed by atoms with van der Waals surface area (Å²) in [6.07, 6.45) is 8.93. The summed E-state index contributed by atoms with van der Waals surface area (Å²) in [6.45, 7) is 10.9. The molecule has 1 unspecified atom stereocenters. The lowest BCUT2D eigenvalue weighted by molar-refractivity contribution is -0.147. The highest BCUT2D eigenvalue weighted by molar-refractivity contribution is 6.18. The zero-order valence-corrected chi connectivity index (χ0v) is 33.6. The molecule has 320 valence electrons. The Hall–Kier alpha value is -7.25. The van der Waals surface area contributed by atoms with Crippen LogP contribution in [0.4, 0.5) is 0 Å². The number of carbonyl (C=O) groups excluding carboxylic acids is 2. The molecule has 10 N–H and O–H groups in total. The Morgan fingerprint density at radius 2 is 1.26 bits per heavy atom. The van der Waals surface area contributed by atoms with Gasteiger partial charge in [0.1, 0.15) is 17.7 Å². The maximum absolute atomic E-state index is 13.1. The molecule has 0 aromatic heterocycles. The number of nitrogens with one attached hydrogen (secondary N) is 4. The van der Waals surface area contributed by atoms with Gasteiger partial charge in [-0.25, -0.2) is 24.6 Å². The second kappa shape index (κ2) is 18.3. The number of amides is 2. The normalized spacial score (nSPS) is 20.5. The first-order valence-corrected chi connectivity index (χ1v) is 18.9. The summed E-state index contributed by atoms with van der Waals surface area (Å²) in [7, 11) is 0. The van der Waals surface area contributed by atoms with Crippen molar-refractivity contribution in [2.24, 2.45) is 15.0 Å². The summed E-state index contributed by atoms with van der Waals surface area (Å²) in [5, 5.41) is 66.4. The van der Waals surface area contributed by atoms with Crippen LogP contribution in [0.25, 0.3) is 0 Å². The van der Waals surface area contributed by atoms with Crippen LogP contribution in [0.5, 0.6) is 0 Å². The van der Waals surface area contributed by atoms with E-state index in [1.54, 1.807) is 51.2 Å². The molecule has 5 aliphatic rings. The number of aliphatic carboxylic acids is 4. The van der Waals surface area contributed by atoms with Gasteiger partial charge in [-0.1, -0.05) is 12.7 Å². The molecule has 0 saturated carbocycles. The molecule has 0 fully saturated rings. The van der Waals surface area contributed by atoms with Crippen molar-refractivity contribution in [1.29, 1.82) is 0 Å². The number of aliphatic imine (C=N–C) groups is 3. The Morgan fingerprint density at radius 1 is 0.738 bits per heavy atom. The van der Waals surface area contributed by atoms with Crippen molar-refractivity contribution in [3.63, 3.8) is 0 Å². The molecule has 19 heteroatoms. The third-order valence-electron chi connectivity index (χ3n) is 10.6. The van der Waals surface area contributed by atoms with Gasteiger partial charge in [0.25, 0.3) is 0 Å². The first-order chi connectivity index (χ1) is 28.7. The molecule has 19 nitrogen and oxygen atoms in total. The monoisotopic (exact) mass is 839 g/mol. The smallest absolute Gasteiger partial charge is 0.326 e. The van der Waals surface area contributed by atoms with Gasteiger partial charge < -0.3 is 41.5 Å². The van der Waals surface area contributed by atoms with E-state index in [4.69, 9.17) is 25.2 Å². The SMILES string of the molecule is C=CC1=C(C)C2=CC3=C(C=CNO)C(C)(O)C(=CC4=NC(=CC5=NC(=CC1=N2)C(C)=C5CCC(=O)N[C@@H](CC(=O)O)C(=O)O)C(CCC(=O)N[C@@H](CC(=O)O)C(=O)O)=C4C)N3. The maximum atomic E-state index is 13.1. The lowest BCUT2D eigenvalue weighted by atomic mass is 9.92. The maximum Gasteiger partial charge on any atom is 0.326 e. The van der Waals surface area contributed by atoms with Crippen LogP contribution in [-0.2, 0) is 28.8 Å². The van der Waals surface area contributed by atoms with Crippen molar-refractivity contribution < 1.29 is 59.5 Å². The minimum atomic E-state index is -1.67. The molecule has 5 rings (SSSR count). The molecule has 0 aromatic carbocycles. The number of hydrogen-bond donors (Lipinski definition) is 10. The van der Waals surface area contributed by atoms with E-state index in [-0.39, 0.29) is 31.4 Å². The van der Waals surface area contributed by atoms with Crippen LogP contribution >= 0.6 is 0 Å². The van der Waals surface area contributed by atoms with Gasteiger partial charge in [0.2, 0.25) is 11.8 Å². The number of hydrogen-bond acceptors (Lipinski definition) is 13. The van der Waals surface area contributed by atoms with E-state index >= 15 is 0 Å². The Morgan fingerprint density at radius 3 is 1.80 bits per heavy atom. The number of rotatable bonds is 17. The Kier molecular flexibility index (Phi) is 13.5. The van der Waals surface area contributed by atoms with Gasteiger partial charge in [-0.3, -0.25) is 29.9 Å². The molecule has 0 spiro atoms. The van der Waals surface area contributed by atoms with Crippen molar-refractivity contribution >= 4 is 52.8 Å². The minimum absolute atomic E-state index is 0.00516. The lowest BCUT2D eigenvalue weighted by Gasteiger charge is -2.20. The van der Waals surface area contributed by atoms with E-state index in [0.29, 0.717) is 73.4 Å². The molecule has 0 aromatic rings. The molecule has 5 heterocycles. The molecule has 0 aliphatic carbocycles. The third-order valence-corrected chi connectivity index (χ3v) is 10.6. The Bertz CT molecular complexity index is 2410. The first-order valence-electron chi connectivity index (χ1n) is 18.9. The van der Waals surface area contributed by atoms with Gasteiger partial charge >= 0.3 is 23.9 Å². The largest absolute Gasteiger partial charge is 0.481 e. The fourth-order valence-electron chi connectivity index (χ4n) is 7.22. The highest BCUT2D eigenvalue weighted by atomic mass is 16.5. The summed E-state index contributed by atoms with van der Waals surface area (Å²) < 4.78 is 0. The van der Waals surface area contributed by atoms with E-state index in [1.807, 2.05) is 12.4 Å². The van der Waals surface area contributed by atoms with E-state index in [1.165, 1.54) is 12.3 Å². The number of fused-ring (bicyclic) bond motifs is 5. The Labute approximate surface area is 348 Å². The highest BCUT2D eigenvalue weighted by Gasteiger charge is 2.39. The topological polar surface area (TPSA) is 309 Å². The van der Waals surface area contributed by atoms with Crippen LogP contribution < -0.4 is 21.4 Å². The van der Waals surface area contributed by atoms with Crippen LogP contribution in [0.15, 0.2) is 132 Å². The predicted molar refractivity (Wildman–Crippen MR) is 220 cm³/mol. The zero-order chi connectivity index (χ0) is 44.9. The van der Waals surface area contributed by atoms with Crippen LogP contribution in [-0.4, -0.2) is 101 Å². The van der Waals surface area contributed by atoms with Crippen LogP contribution in [0.2, 0.25) is 0 Å². The second-order valence-corrected chi connectivity index (χ2v) is 14.7. The van der Waals surface area contributed by atoms with E-state index in [2.05, 4.69) is 22.5 Å². The van der Waals surface area contributed by atoms with Crippen molar-refractivity contribution in [3.05, 3.63) is 117 Å². The van der Waals surface area contributed by atoms with Crippen molar-refractivity contribution in [2.75, 3.05) is 0 Å². The first kappa shape index (κ1) is 44.8.